The standard InChI is InChI=1S/C40H82O2/c1-3-5-7-9-11-13-15-17-19-21-23-25-27-29-31-33-35-37-39-42-40(41)38-36-34-32-30-28-26-24-22-20-18-16-14-12-10-8-6-4-2/h40-41H,3-39H2,1-2H3. The maximum absolute atomic E-state index is 10.1. The average molecular weight is 595 g/mol. The fourth-order valence-electron chi connectivity index (χ4n) is 6.35. The molecule has 0 radical (unpaired) electrons. The molecular weight excluding hydrogens is 512 g/mol. The van der Waals surface area contributed by atoms with Crippen molar-refractivity contribution in [3.8, 4) is 0 Å². The Bertz CT molecular complexity index is 451. The molecule has 1 N–H and O–H groups in total. The van der Waals surface area contributed by atoms with Gasteiger partial charge in [-0.2, -0.15) is 0 Å². The Hall–Kier alpha value is -0.0800. The van der Waals surface area contributed by atoms with Crippen LogP contribution in [0.1, 0.15) is 245 Å². The van der Waals surface area contributed by atoms with E-state index in [0.717, 1.165) is 25.9 Å². The van der Waals surface area contributed by atoms with E-state index in [2.05, 4.69) is 13.8 Å². The molecule has 42 heavy (non-hydrogen) atoms. The number of aliphatic hydroxyl groups is 1. The first kappa shape index (κ1) is 41.9. The second-order valence-electron chi connectivity index (χ2n) is 13.8. The van der Waals surface area contributed by atoms with Crippen molar-refractivity contribution in [3.05, 3.63) is 0 Å². The maximum atomic E-state index is 10.1. The Morgan fingerprint density at radius 3 is 0.786 bits per heavy atom. The molecule has 254 valence electrons. The molecule has 0 aromatic rings. The lowest BCUT2D eigenvalue weighted by Gasteiger charge is -2.12. The van der Waals surface area contributed by atoms with Crippen LogP contribution in [-0.4, -0.2) is 18.0 Å². The van der Waals surface area contributed by atoms with Crippen molar-refractivity contribution in [3.63, 3.8) is 0 Å². The van der Waals surface area contributed by atoms with Gasteiger partial charge in [-0.25, -0.2) is 0 Å². The Kier molecular flexibility index (Phi) is 38.9. The molecule has 0 aromatic carbocycles. The van der Waals surface area contributed by atoms with E-state index in [1.54, 1.807) is 0 Å². The molecule has 0 fully saturated rings. The predicted molar refractivity (Wildman–Crippen MR) is 190 cm³/mol. The van der Waals surface area contributed by atoms with Gasteiger partial charge in [0, 0.05) is 6.61 Å². The lowest BCUT2D eigenvalue weighted by Crippen LogP contribution is -2.12. The number of aliphatic hydroxyl groups excluding tert-OH is 1. The van der Waals surface area contributed by atoms with E-state index < -0.39 is 6.29 Å². The van der Waals surface area contributed by atoms with Crippen molar-refractivity contribution in [2.24, 2.45) is 0 Å². The zero-order valence-corrected chi connectivity index (χ0v) is 29.6. The monoisotopic (exact) mass is 595 g/mol. The SMILES string of the molecule is CCCCCCCCCCCCCCCCCCCCOC(O)CCCCCCCCCCCCCCCCCCC. The van der Waals surface area contributed by atoms with Gasteiger partial charge in [0.25, 0.3) is 0 Å². The van der Waals surface area contributed by atoms with Crippen molar-refractivity contribution in [2.75, 3.05) is 6.61 Å². The fourth-order valence-corrected chi connectivity index (χ4v) is 6.35. The van der Waals surface area contributed by atoms with E-state index in [0.29, 0.717) is 0 Å². The summed E-state index contributed by atoms with van der Waals surface area (Å²) in [6.45, 7) is 5.33. The molecule has 0 spiro atoms. The number of hydrogen-bond donors (Lipinski definition) is 1. The van der Waals surface area contributed by atoms with Crippen LogP contribution in [0.15, 0.2) is 0 Å². The van der Waals surface area contributed by atoms with E-state index in [9.17, 15) is 5.11 Å². The molecule has 2 nitrogen and oxygen atoms in total. The highest BCUT2D eigenvalue weighted by Gasteiger charge is 2.04. The Balaban J connectivity index is 3.13. The highest BCUT2D eigenvalue weighted by molar-refractivity contribution is 4.53. The van der Waals surface area contributed by atoms with Crippen LogP contribution in [0.2, 0.25) is 0 Å². The van der Waals surface area contributed by atoms with Crippen molar-refractivity contribution in [1.29, 1.82) is 0 Å². The molecule has 0 aromatic heterocycles. The summed E-state index contributed by atoms with van der Waals surface area (Å²) < 4.78 is 5.66. The summed E-state index contributed by atoms with van der Waals surface area (Å²) in [6.07, 6.45) is 49.3. The first-order valence-electron chi connectivity index (χ1n) is 20.1. The van der Waals surface area contributed by atoms with Gasteiger partial charge in [-0.05, 0) is 19.3 Å². The smallest absolute Gasteiger partial charge is 0.154 e. The number of hydrogen-bond acceptors (Lipinski definition) is 2. The van der Waals surface area contributed by atoms with E-state index in [1.165, 1.54) is 212 Å². The molecule has 0 saturated carbocycles. The third kappa shape index (κ3) is 37.9. The molecular formula is C40H82O2. The lowest BCUT2D eigenvalue weighted by atomic mass is 10.0. The summed E-state index contributed by atoms with van der Waals surface area (Å²) in [5.41, 5.74) is 0. The van der Waals surface area contributed by atoms with E-state index in [4.69, 9.17) is 4.74 Å². The van der Waals surface area contributed by atoms with Gasteiger partial charge in [0.15, 0.2) is 6.29 Å². The zero-order valence-electron chi connectivity index (χ0n) is 29.6. The molecule has 0 aliphatic carbocycles. The van der Waals surface area contributed by atoms with Crippen LogP contribution >= 0.6 is 0 Å². The molecule has 0 aliphatic rings. The molecule has 1 unspecified atom stereocenters. The maximum Gasteiger partial charge on any atom is 0.154 e. The van der Waals surface area contributed by atoms with Crippen LogP contribution in [0.3, 0.4) is 0 Å². The first-order valence-corrected chi connectivity index (χ1v) is 20.1. The van der Waals surface area contributed by atoms with Gasteiger partial charge in [-0.1, -0.05) is 226 Å². The van der Waals surface area contributed by atoms with Crippen molar-refractivity contribution in [2.45, 2.75) is 251 Å². The molecule has 0 aliphatic heterocycles. The van der Waals surface area contributed by atoms with Gasteiger partial charge in [-0.15, -0.1) is 0 Å². The van der Waals surface area contributed by atoms with Gasteiger partial charge in [0.1, 0.15) is 0 Å². The van der Waals surface area contributed by atoms with Gasteiger partial charge < -0.3 is 9.84 Å². The molecule has 2 heteroatoms. The predicted octanol–water partition coefficient (Wildman–Crippen LogP) is 14.4. The minimum atomic E-state index is -0.535. The largest absolute Gasteiger partial charge is 0.368 e. The third-order valence-electron chi connectivity index (χ3n) is 9.36. The van der Waals surface area contributed by atoms with Crippen LogP contribution in [0.5, 0.6) is 0 Å². The number of rotatable bonds is 38. The van der Waals surface area contributed by atoms with E-state index >= 15 is 0 Å². The second-order valence-corrected chi connectivity index (χ2v) is 13.8. The van der Waals surface area contributed by atoms with Crippen LogP contribution < -0.4 is 0 Å². The average Bonchev–Trinajstić information content (AvgIpc) is 3.00. The molecule has 0 bridgehead atoms. The lowest BCUT2D eigenvalue weighted by molar-refractivity contribution is -0.105. The minimum absolute atomic E-state index is 0.535. The third-order valence-corrected chi connectivity index (χ3v) is 9.36. The molecule has 0 heterocycles. The Morgan fingerprint density at radius 2 is 0.524 bits per heavy atom. The first-order chi connectivity index (χ1) is 20.8. The Morgan fingerprint density at radius 1 is 0.310 bits per heavy atom. The molecule has 1 atom stereocenters. The molecule has 0 amide bonds. The van der Waals surface area contributed by atoms with Crippen LogP contribution in [0.25, 0.3) is 0 Å². The summed E-state index contributed by atoms with van der Waals surface area (Å²) >= 11 is 0. The molecule has 0 saturated heterocycles. The van der Waals surface area contributed by atoms with E-state index in [-0.39, 0.29) is 0 Å². The van der Waals surface area contributed by atoms with Gasteiger partial charge in [0.05, 0.1) is 0 Å². The van der Waals surface area contributed by atoms with Gasteiger partial charge >= 0.3 is 0 Å². The van der Waals surface area contributed by atoms with E-state index in [1.807, 2.05) is 0 Å². The van der Waals surface area contributed by atoms with Crippen molar-refractivity contribution < 1.29 is 9.84 Å². The van der Waals surface area contributed by atoms with Crippen LogP contribution in [0, 0.1) is 0 Å². The van der Waals surface area contributed by atoms with Crippen molar-refractivity contribution in [1.82, 2.24) is 0 Å². The highest BCUT2D eigenvalue weighted by Crippen LogP contribution is 2.16. The Labute approximate surface area is 267 Å². The minimum Gasteiger partial charge on any atom is -0.368 e. The molecule has 0 rings (SSSR count). The van der Waals surface area contributed by atoms with Gasteiger partial charge in [0.2, 0.25) is 0 Å². The second kappa shape index (κ2) is 38.9. The van der Waals surface area contributed by atoms with Crippen molar-refractivity contribution >= 4 is 0 Å². The summed E-state index contributed by atoms with van der Waals surface area (Å²) in [7, 11) is 0. The van der Waals surface area contributed by atoms with Crippen LogP contribution in [-0.2, 0) is 4.74 Å². The summed E-state index contributed by atoms with van der Waals surface area (Å²) in [4.78, 5) is 0. The quantitative estimate of drug-likeness (QED) is 0.0569. The van der Waals surface area contributed by atoms with Crippen LogP contribution in [0.4, 0.5) is 0 Å². The summed E-state index contributed by atoms with van der Waals surface area (Å²) in [5.74, 6) is 0. The fraction of sp³-hybridized carbons (Fsp3) is 1.00. The number of ether oxygens (including phenoxy) is 1. The highest BCUT2D eigenvalue weighted by atomic mass is 16.6. The topological polar surface area (TPSA) is 29.5 Å². The summed E-state index contributed by atoms with van der Waals surface area (Å²) in [5, 5.41) is 10.1. The normalized spacial score (nSPS) is 12.4. The summed E-state index contributed by atoms with van der Waals surface area (Å²) in [6, 6.07) is 0. The zero-order chi connectivity index (χ0) is 30.4. The van der Waals surface area contributed by atoms with Gasteiger partial charge in [-0.3, -0.25) is 0 Å². The number of unbranched alkanes of at least 4 members (excludes halogenated alkanes) is 33.